The number of aromatic hydroxyl groups is 1. The monoisotopic (exact) mass is 325 g/mol. The highest BCUT2D eigenvalue weighted by Crippen LogP contribution is 2.35. The number of ether oxygens (including phenoxy) is 1. The van der Waals surface area contributed by atoms with Crippen molar-refractivity contribution >= 4 is 28.9 Å². The number of anilines is 1. The molecule has 0 aliphatic carbocycles. The molecule has 0 bridgehead atoms. The normalized spacial score (nSPS) is 10.5. The first-order valence-electron chi connectivity index (χ1n) is 6.66. The molecular formula is C16H17Cl2NO2. The maximum atomic E-state index is 9.82. The van der Waals surface area contributed by atoms with Gasteiger partial charge >= 0.3 is 0 Å². The Morgan fingerprint density at radius 3 is 2.67 bits per heavy atom. The van der Waals surface area contributed by atoms with E-state index in [-0.39, 0.29) is 10.8 Å². The van der Waals surface area contributed by atoms with E-state index in [0.717, 1.165) is 21.8 Å². The second kappa shape index (κ2) is 6.92. The number of hydrogen-bond acceptors (Lipinski definition) is 3. The van der Waals surface area contributed by atoms with E-state index in [1.807, 2.05) is 32.0 Å². The molecule has 0 saturated heterocycles. The van der Waals surface area contributed by atoms with Crippen LogP contribution in [0.25, 0.3) is 0 Å². The minimum absolute atomic E-state index is 0.0267. The van der Waals surface area contributed by atoms with Crippen LogP contribution in [0.3, 0.4) is 0 Å². The van der Waals surface area contributed by atoms with Gasteiger partial charge in [-0.3, -0.25) is 0 Å². The lowest BCUT2D eigenvalue weighted by molar-refractivity contribution is 0.318. The largest absolute Gasteiger partial charge is 0.503 e. The molecule has 0 amide bonds. The second-order valence-electron chi connectivity index (χ2n) is 4.62. The second-order valence-corrected chi connectivity index (χ2v) is 5.44. The van der Waals surface area contributed by atoms with Gasteiger partial charge in [0, 0.05) is 17.3 Å². The van der Waals surface area contributed by atoms with Gasteiger partial charge in [0.05, 0.1) is 11.6 Å². The van der Waals surface area contributed by atoms with Crippen LogP contribution in [0.4, 0.5) is 5.69 Å². The summed E-state index contributed by atoms with van der Waals surface area (Å²) >= 11 is 12.1. The summed E-state index contributed by atoms with van der Waals surface area (Å²) in [6, 6.07) is 9.20. The zero-order chi connectivity index (χ0) is 15.4. The van der Waals surface area contributed by atoms with E-state index in [9.17, 15) is 5.11 Å². The summed E-state index contributed by atoms with van der Waals surface area (Å²) in [5.74, 6) is 0.366. The third-order valence-electron chi connectivity index (χ3n) is 3.14. The summed E-state index contributed by atoms with van der Waals surface area (Å²) in [5, 5.41) is 14.1. The fourth-order valence-electron chi connectivity index (χ4n) is 1.99. The van der Waals surface area contributed by atoms with E-state index in [0.29, 0.717) is 18.9 Å². The summed E-state index contributed by atoms with van der Waals surface area (Å²) in [5.41, 5.74) is 2.87. The van der Waals surface area contributed by atoms with Crippen molar-refractivity contribution in [3.63, 3.8) is 0 Å². The van der Waals surface area contributed by atoms with Crippen molar-refractivity contribution in [1.29, 1.82) is 0 Å². The molecule has 0 saturated carbocycles. The summed E-state index contributed by atoms with van der Waals surface area (Å²) in [6.07, 6.45) is 0. The Morgan fingerprint density at radius 2 is 1.95 bits per heavy atom. The Kier molecular flexibility index (Phi) is 5.21. The first-order valence-corrected chi connectivity index (χ1v) is 7.41. The Balaban J connectivity index is 2.18. The molecule has 0 heterocycles. The molecular weight excluding hydrogens is 309 g/mol. The van der Waals surface area contributed by atoms with E-state index >= 15 is 0 Å². The van der Waals surface area contributed by atoms with Crippen LogP contribution in [0.2, 0.25) is 10.0 Å². The highest BCUT2D eigenvalue weighted by atomic mass is 35.5. The van der Waals surface area contributed by atoms with Crippen LogP contribution in [-0.2, 0) is 6.54 Å². The predicted octanol–water partition coefficient (Wildman–Crippen LogP) is 5.02. The zero-order valence-electron chi connectivity index (χ0n) is 11.9. The van der Waals surface area contributed by atoms with Crippen molar-refractivity contribution in [2.24, 2.45) is 0 Å². The molecule has 5 heteroatoms. The van der Waals surface area contributed by atoms with E-state index in [1.165, 1.54) is 0 Å². The van der Waals surface area contributed by atoms with Crippen LogP contribution in [0, 0.1) is 6.92 Å². The topological polar surface area (TPSA) is 41.5 Å². The van der Waals surface area contributed by atoms with Gasteiger partial charge in [-0.2, -0.15) is 0 Å². The fraction of sp³-hybridized carbons (Fsp3) is 0.250. The van der Waals surface area contributed by atoms with Crippen LogP contribution in [0.15, 0.2) is 30.3 Å². The molecule has 0 unspecified atom stereocenters. The number of nitrogens with one attached hydrogen (secondary N) is 1. The molecule has 2 aromatic rings. The molecule has 0 fully saturated rings. The SMILES string of the molecule is CCOc1cc(CNc2cccc(Cl)c2C)cc(Cl)c1O. The Labute approximate surface area is 134 Å². The molecule has 0 aliphatic rings. The lowest BCUT2D eigenvalue weighted by Gasteiger charge is -2.13. The smallest absolute Gasteiger partial charge is 0.176 e. The van der Waals surface area contributed by atoms with Crippen LogP contribution < -0.4 is 10.1 Å². The Hall–Kier alpha value is -1.58. The van der Waals surface area contributed by atoms with Crippen molar-refractivity contribution in [3.8, 4) is 11.5 Å². The van der Waals surface area contributed by atoms with Gasteiger partial charge in [0.1, 0.15) is 0 Å². The maximum Gasteiger partial charge on any atom is 0.176 e. The van der Waals surface area contributed by atoms with Gasteiger partial charge in [0.15, 0.2) is 11.5 Å². The quantitative estimate of drug-likeness (QED) is 0.811. The molecule has 0 spiro atoms. The van der Waals surface area contributed by atoms with Gasteiger partial charge in [-0.05, 0) is 49.2 Å². The summed E-state index contributed by atoms with van der Waals surface area (Å²) < 4.78 is 5.37. The number of phenolic OH excluding ortho intramolecular Hbond substituents is 1. The van der Waals surface area contributed by atoms with E-state index in [1.54, 1.807) is 12.1 Å². The van der Waals surface area contributed by atoms with Crippen molar-refractivity contribution < 1.29 is 9.84 Å². The van der Waals surface area contributed by atoms with Crippen LogP contribution >= 0.6 is 23.2 Å². The van der Waals surface area contributed by atoms with E-state index < -0.39 is 0 Å². The molecule has 0 atom stereocenters. The molecule has 21 heavy (non-hydrogen) atoms. The average molecular weight is 326 g/mol. The minimum atomic E-state index is -0.0267. The van der Waals surface area contributed by atoms with Crippen molar-refractivity contribution in [2.45, 2.75) is 20.4 Å². The van der Waals surface area contributed by atoms with Gasteiger partial charge < -0.3 is 15.2 Å². The number of rotatable bonds is 5. The fourth-order valence-corrected chi connectivity index (χ4v) is 2.40. The third-order valence-corrected chi connectivity index (χ3v) is 3.84. The first kappa shape index (κ1) is 15.8. The van der Waals surface area contributed by atoms with Crippen LogP contribution in [0.1, 0.15) is 18.1 Å². The molecule has 0 radical (unpaired) electrons. The number of hydrogen-bond donors (Lipinski definition) is 2. The molecule has 112 valence electrons. The van der Waals surface area contributed by atoms with Crippen LogP contribution in [-0.4, -0.2) is 11.7 Å². The molecule has 2 rings (SSSR count). The van der Waals surface area contributed by atoms with Gasteiger partial charge in [0.2, 0.25) is 0 Å². The molecule has 3 nitrogen and oxygen atoms in total. The van der Waals surface area contributed by atoms with Gasteiger partial charge in [0.25, 0.3) is 0 Å². The van der Waals surface area contributed by atoms with Crippen LogP contribution in [0.5, 0.6) is 11.5 Å². The van der Waals surface area contributed by atoms with Gasteiger partial charge in [-0.25, -0.2) is 0 Å². The number of phenols is 1. The van der Waals surface area contributed by atoms with Gasteiger partial charge in [-0.1, -0.05) is 29.3 Å². The van der Waals surface area contributed by atoms with Crippen molar-refractivity contribution in [3.05, 3.63) is 51.5 Å². The molecule has 0 aromatic heterocycles. The number of halogens is 2. The lowest BCUT2D eigenvalue weighted by Crippen LogP contribution is -2.02. The molecule has 2 N–H and O–H groups in total. The van der Waals surface area contributed by atoms with E-state index in [2.05, 4.69) is 5.32 Å². The van der Waals surface area contributed by atoms with E-state index in [4.69, 9.17) is 27.9 Å². The van der Waals surface area contributed by atoms with Gasteiger partial charge in [-0.15, -0.1) is 0 Å². The Morgan fingerprint density at radius 1 is 1.19 bits per heavy atom. The molecule has 2 aromatic carbocycles. The molecule has 0 aliphatic heterocycles. The summed E-state index contributed by atoms with van der Waals surface area (Å²) in [7, 11) is 0. The lowest BCUT2D eigenvalue weighted by atomic mass is 10.1. The number of benzene rings is 2. The highest BCUT2D eigenvalue weighted by Gasteiger charge is 2.10. The zero-order valence-corrected chi connectivity index (χ0v) is 13.4. The third kappa shape index (κ3) is 3.74. The highest BCUT2D eigenvalue weighted by molar-refractivity contribution is 6.32. The maximum absolute atomic E-state index is 9.82. The summed E-state index contributed by atoms with van der Waals surface area (Å²) in [6.45, 7) is 4.84. The standard InChI is InChI=1S/C16H17Cl2NO2/c1-3-21-15-8-11(7-13(18)16(15)20)9-19-14-6-4-5-12(17)10(14)2/h4-8,19-20H,3,9H2,1-2H3. The van der Waals surface area contributed by atoms with Crippen molar-refractivity contribution in [2.75, 3.05) is 11.9 Å². The summed E-state index contributed by atoms with van der Waals surface area (Å²) in [4.78, 5) is 0. The minimum Gasteiger partial charge on any atom is -0.503 e. The predicted molar refractivity (Wildman–Crippen MR) is 87.8 cm³/mol. The average Bonchev–Trinajstić information content (AvgIpc) is 2.46. The first-order chi connectivity index (χ1) is 10.0. The van der Waals surface area contributed by atoms with Crippen molar-refractivity contribution in [1.82, 2.24) is 0 Å². The Bertz CT molecular complexity index is 644.